The Bertz CT molecular complexity index is 5150. The number of nitrogens with one attached hydrogen (secondary N) is 14. The van der Waals surface area contributed by atoms with Gasteiger partial charge in [-0.25, -0.2) is 4.98 Å². The van der Waals surface area contributed by atoms with Crippen molar-refractivity contribution in [2.45, 2.75) is 209 Å². The van der Waals surface area contributed by atoms with E-state index in [2.05, 4.69) is 73.4 Å². The molecule has 720 valence electrons. The molecule has 17 amide bonds. The molecular formula is C89H123N23O19S2. The van der Waals surface area contributed by atoms with Crippen molar-refractivity contribution < 1.29 is 91.4 Å². The lowest BCUT2D eigenvalue weighted by molar-refractivity contribution is -0.151. The van der Waals surface area contributed by atoms with Gasteiger partial charge >= 0.3 is 0 Å². The number of phenols is 1. The fourth-order valence-electron chi connectivity index (χ4n) is 16.2. The average molecular weight is 1880 g/mol. The second-order valence-corrected chi connectivity index (χ2v) is 35.7. The predicted octanol–water partition coefficient (Wildman–Crippen LogP) is -1.68. The summed E-state index contributed by atoms with van der Waals surface area (Å²) in [5.74, 6) is -16.9. The number of aromatic hydroxyl groups is 1. The van der Waals surface area contributed by atoms with Crippen LogP contribution in [0.3, 0.4) is 0 Å². The third-order valence-electron chi connectivity index (χ3n) is 23.5. The number of ether oxygens (including phenoxy) is 1. The highest BCUT2D eigenvalue weighted by Crippen LogP contribution is 2.30. The Kier molecular flexibility index (Phi) is 38.8. The Morgan fingerprint density at radius 3 is 1.82 bits per heavy atom. The number of nitrogens with zero attached hydrogens (tertiary/aromatic N) is 6. The van der Waals surface area contributed by atoms with Crippen LogP contribution in [0.5, 0.6) is 5.75 Å². The van der Waals surface area contributed by atoms with Crippen LogP contribution in [0.15, 0.2) is 96.9 Å². The van der Waals surface area contributed by atoms with Crippen molar-refractivity contribution >= 4 is 150 Å². The summed E-state index contributed by atoms with van der Waals surface area (Å²) >= 11 is 2.14. The van der Waals surface area contributed by atoms with Gasteiger partial charge in [0.1, 0.15) is 84.3 Å². The van der Waals surface area contributed by atoms with Crippen molar-refractivity contribution in [3.63, 3.8) is 0 Å². The van der Waals surface area contributed by atoms with Crippen molar-refractivity contribution in [2.75, 3.05) is 78.6 Å². The largest absolute Gasteiger partial charge is 0.508 e. The number of thioether (sulfide) groups is 1. The lowest BCUT2D eigenvalue weighted by Gasteiger charge is -2.36. The van der Waals surface area contributed by atoms with Crippen molar-refractivity contribution in [1.29, 1.82) is 5.41 Å². The minimum Gasteiger partial charge on any atom is -0.508 e. The Morgan fingerprint density at radius 1 is 0.586 bits per heavy atom. The van der Waals surface area contributed by atoms with Gasteiger partial charge in [-0.15, -0.1) is 23.1 Å². The molecule has 42 nitrogen and oxygen atoms in total. The smallest absolute Gasteiger partial charge is 0.248 e. The first-order valence-corrected chi connectivity index (χ1v) is 46.4. The van der Waals surface area contributed by atoms with Gasteiger partial charge in [-0.05, 0) is 123 Å². The number of fused-ring (bicyclic) bond motifs is 4. The van der Waals surface area contributed by atoms with Crippen LogP contribution < -0.4 is 75.7 Å². The molecule has 13 atom stereocenters. The van der Waals surface area contributed by atoms with Crippen molar-refractivity contribution in [3.05, 3.63) is 119 Å². The maximum atomic E-state index is 15.6. The molecule has 3 fully saturated rings. The van der Waals surface area contributed by atoms with Gasteiger partial charge in [0.05, 0.1) is 38.2 Å². The maximum absolute atomic E-state index is 15.6. The fraction of sp³-hybridized carbons (Fsp3) is 0.517. The number of aromatic amines is 2. The number of hydrogen-bond donors (Lipinski definition) is 18. The van der Waals surface area contributed by atoms with E-state index in [0.29, 0.717) is 52.5 Å². The first-order chi connectivity index (χ1) is 63.4. The molecule has 0 spiro atoms. The molecule has 0 aliphatic carbocycles. The van der Waals surface area contributed by atoms with E-state index in [1.807, 2.05) is 42.6 Å². The molecule has 9 rings (SSSR count). The van der Waals surface area contributed by atoms with E-state index in [4.69, 9.17) is 27.3 Å². The molecule has 3 aromatic heterocycles. The summed E-state index contributed by atoms with van der Waals surface area (Å²) in [4.78, 5) is 265. The highest BCUT2D eigenvalue weighted by Gasteiger charge is 2.45. The fourth-order valence-corrected chi connectivity index (χ4v) is 18.0. The van der Waals surface area contributed by atoms with E-state index in [9.17, 15) is 53.1 Å². The van der Waals surface area contributed by atoms with Crippen LogP contribution >= 0.6 is 23.1 Å². The molecular weight excluding hydrogens is 1760 g/mol. The number of likely N-dealkylation sites (N-methyl/N-ethyl adjacent to an activating group) is 3. The van der Waals surface area contributed by atoms with Crippen LogP contribution in [0.1, 0.15) is 128 Å². The van der Waals surface area contributed by atoms with Crippen molar-refractivity contribution in [2.24, 2.45) is 23.1 Å². The summed E-state index contributed by atoms with van der Waals surface area (Å²) in [5.41, 5.74) is 19.5. The van der Waals surface area contributed by atoms with Crippen LogP contribution in [0.25, 0.3) is 21.0 Å². The van der Waals surface area contributed by atoms with Gasteiger partial charge in [0.15, 0.2) is 5.96 Å². The zero-order valence-electron chi connectivity index (χ0n) is 75.8. The van der Waals surface area contributed by atoms with E-state index in [1.54, 1.807) is 45.2 Å². The standard InChI is InChI=1S/C89H123N23O19S2/c1-9-11-23-67-81(123)102-59(22-16-31-95-89(92)93)79(121)107-66(78(120)97-42-73(91)115)46-132-47-75(117)101-63(35-51-27-29-55(113)30-28-51)84(126)108(6)50(5)76(118)105-65(39-72(90)114)87(129)112-33-18-25-69(112)83(125)104-61(38-54-41-94-48-99-54)80(122)106-62(34-49(3)4)86(128)111-32-17-24-68(111)82(124)103-60(36-52-40-96-58-21-14-12-19-56(52)58)77(119)98-43-74(116)100-64(37-53-45-133-71-26-15-13-20-57(53)71)85(127)110(8)70(44-131-10-2)88(130)109(67)7/h12-15,19-21,26-30,40-41,45,48-50,59-70,96,113H,9-11,16-18,22-25,31-39,42-44,46-47H2,1-8H3,(H2,90,114)(H2,91,115)(H,94,99)(H,97,120)(H,98,119)(H,100,116)(H,101,117)(H,102,123)(H,103,124)(H,104,125)(H,105,118)(H,106,122)(H,107,121)(H4,92,93,95)/t50-,59-,60-,61-,62-,63-,64-,65-,66?,67-,68-,69-,70-/m0/s1. The van der Waals surface area contributed by atoms with Gasteiger partial charge in [0, 0.05) is 113 Å². The molecule has 0 bridgehead atoms. The predicted molar refractivity (Wildman–Crippen MR) is 493 cm³/mol. The highest BCUT2D eigenvalue weighted by molar-refractivity contribution is 8.00. The number of guanidine groups is 1. The van der Waals surface area contributed by atoms with Crippen LogP contribution in [0.2, 0.25) is 0 Å². The Labute approximate surface area is 777 Å². The third-order valence-corrected chi connectivity index (χ3v) is 25.5. The topological polar surface area (TPSA) is 615 Å². The number of hydrogen-bond acceptors (Lipinski definition) is 23. The number of thiophene rings is 1. The van der Waals surface area contributed by atoms with E-state index in [0.717, 1.165) is 41.4 Å². The second kappa shape index (κ2) is 49.8. The molecule has 133 heavy (non-hydrogen) atoms. The molecule has 3 aliphatic heterocycles. The summed E-state index contributed by atoms with van der Waals surface area (Å²) < 4.78 is 6.76. The molecule has 3 saturated heterocycles. The lowest BCUT2D eigenvalue weighted by Crippen LogP contribution is -2.61. The molecule has 6 aromatic rings. The number of rotatable bonds is 25. The van der Waals surface area contributed by atoms with E-state index < -0.39 is 223 Å². The number of imidazole rings is 1. The maximum Gasteiger partial charge on any atom is 0.248 e. The van der Waals surface area contributed by atoms with Gasteiger partial charge in [0.2, 0.25) is 100 Å². The SMILES string of the molecule is CCCC[C@H]1C(=O)N[C@@H](CCCNC(=N)N)C(=O)NC(C(=O)NCC(N)=O)CSCC(=O)N[C@@H](Cc2ccc(O)cc2)C(=O)N(C)[C@@H](C)C(=O)N[C@@H](CC(N)=O)C(=O)N2CCC[C@H]2C(=O)N[C@@H](Cc2cnc[nH]2)C(=O)N[C@@H](CC(C)C)C(=O)N2CCC[C@H]2C(=O)N[C@@H](Cc2c[nH]c3ccccc23)C(=O)NCC(=O)N[C@@H](Cc2csc3ccccc23)C(=O)N(C)[C@@H](COCC)C(=O)N1C. The number of nitrogens with two attached hydrogens (primary N) is 3. The van der Waals surface area contributed by atoms with E-state index in [-0.39, 0.29) is 109 Å². The summed E-state index contributed by atoms with van der Waals surface area (Å²) in [6.45, 7) is 6.39. The number of para-hydroxylation sites is 1. The second-order valence-electron chi connectivity index (χ2n) is 33.7. The summed E-state index contributed by atoms with van der Waals surface area (Å²) in [6, 6.07) is 0.959. The van der Waals surface area contributed by atoms with Gasteiger partial charge in [-0.2, -0.15) is 0 Å². The number of primary amides is 2. The monoisotopic (exact) mass is 1880 g/mol. The normalized spacial score (nSPS) is 23.8. The third kappa shape index (κ3) is 29.4. The molecule has 0 saturated carbocycles. The lowest BCUT2D eigenvalue weighted by atomic mass is 10.0. The minimum absolute atomic E-state index is 0.00712. The zero-order chi connectivity index (χ0) is 96.9. The summed E-state index contributed by atoms with van der Waals surface area (Å²) in [5, 5.41) is 50.7. The van der Waals surface area contributed by atoms with Gasteiger partial charge < -0.3 is 120 Å². The Hall–Kier alpha value is -13.3. The number of phenolic OH excluding ortho intramolecular Hbond substituents is 1. The molecule has 1 unspecified atom stereocenters. The number of carbonyl (C=O) groups is 17. The van der Waals surface area contributed by atoms with Crippen LogP contribution in [-0.2, 0) is 112 Å². The molecule has 3 aliphatic rings. The first-order valence-electron chi connectivity index (χ1n) is 44.4. The Morgan fingerprint density at radius 2 is 1.18 bits per heavy atom. The van der Waals surface area contributed by atoms with Gasteiger partial charge in [-0.1, -0.05) is 82.1 Å². The van der Waals surface area contributed by atoms with Crippen LogP contribution in [0, 0.1) is 11.3 Å². The zero-order valence-corrected chi connectivity index (χ0v) is 77.5. The number of amides is 17. The molecule has 44 heteroatoms. The summed E-state index contributed by atoms with van der Waals surface area (Å²) in [7, 11) is 3.88. The highest BCUT2D eigenvalue weighted by atomic mass is 32.2. The van der Waals surface area contributed by atoms with Gasteiger partial charge in [0.25, 0.3) is 0 Å². The first kappa shape index (κ1) is 103. The van der Waals surface area contributed by atoms with E-state index >= 15 is 33.6 Å². The Balaban J connectivity index is 1.08. The molecule has 6 heterocycles. The van der Waals surface area contributed by atoms with Crippen LogP contribution in [-0.4, -0.2) is 308 Å². The molecule has 21 N–H and O–H groups in total. The molecule has 0 radical (unpaired) electrons. The number of aromatic nitrogens is 3. The number of unbranched alkanes of at least 4 members (excludes halogenated alkanes) is 1. The quantitative estimate of drug-likeness (QED) is 0.0173. The van der Waals surface area contributed by atoms with Crippen molar-refractivity contribution in [3.8, 4) is 5.75 Å². The van der Waals surface area contributed by atoms with Gasteiger partial charge in [-0.3, -0.25) is 86.9 Å². The minimum atomic E-state index is -1.76. The molecule has 3 aromatic carbocycles. The number of H-pyrrole nitrogens is 2. The summed E-state index contributed by atoms with van der Waals surface area (Å²) in [6.07, 6.45) is 4.05. The number of carbonyl (C=O) groups excluding carboxylic acids is 17. The van der Waals surface area contributed by atoms with E-state index in [1.165, 1.54) is 81.1 Å². The number of benzene rings is 3. The van der Waals surface area contributed by atoms with Crippen molar-refractivity contribution in [1.82, 2.24) is 97.9 Å². The average Bonchev–Trinajstić information content (AvgIpc) is 1.52. The van der Waals surface area contributed by atoms with Crippen LogP contribution in [0.4, 0.5) is 0 Å².